The van der Waals surface area contributed by atoms with E-state index in [1.165, 1.54) is 16.7 Å². The summed E-state index contributed by atoms with van der Waals surface area (Å²) < 4.78 is 14.0. The van der Waals surface area contributed by atoms with Crippen molar-refractivity contribution in [3.05, 3.63) is 51.0 Å². The largest absolute Gasteiger partial charge is 0.253 e. The molecular formula is C18H22FN. The molecule has 0 aliphatic rings. The van der Waals surface area contributed by atoms with Crippen LogP contribution in [0.1, 0.15) is 39.1 Å². The van der Waals surface area contributed by atoms with Crippen molar-refractivity contribution < 1.29 is 4.39 Å². The maximum absolute atomic E-state index is 14.0. The van der Waals surface area contributed by atoms with Crippen molar-refractivity contribution in [2.24, 2.45) is 0 Å². The highest BCUT2D eigenvalue weighted by Crippen LogP contribution is 2.32. The van der Waals surface area contributed by atoms with Crippen LogP contribution in [0, 0.1) is 54.3 Å². The summed E-state index contributed by atoms with van der Waals surface area (Å²) in [4.78, 5) is 4.75. The third kappa shape index (κ3) is 2.13. The Bertz CT molecular complexity index is 638. The third-order valence-corrected chi connectivity index (χ3v) is 4.56. The first-order valence-electron chi connectivity index (χ1n) is 6.96. The second-order valence-electron chi connectivity index (χ2n) is 5.73. The Labute approximate surface area is 120 Å². The van der Waals surface area contributed by atoms with E-state index in [4.69, 9.17) is 4.98 Å². The van der Waals surface area contributed by atoms with Crippen molar-refractivity contribution in [2.45, 2.75) is 48.5 Å². The van der Waals surface area contributed by atoms with Gasteiger partial charge in [0, 0.05) is 11.3 Å². The number of aromatic nitrogens is 1. The lowest BCUT2D eigenvalue weighted by Gasteiger charge is -2.17. The molecule has 0 bridgehead atoms. The zero-order valence-corrected chi connectivity index (χ0v) is 13.4. The average molecular weight is 271 g/mol. The third-order valence-electron chi connectivity index (χ3n) is 4.56. The zero-order valence-electron chi connectivity index (χ0n) is 13.4. The van der Waals surface area contributed by atoms with Gasteiger partial charge in [-0.25, -0.2) is 4.39 Å². The molecule has 0 saturated carbocycles. The first kappa shape index (κ1) is 14.7. The van der Waals surface area contributed by atoms with Crippen molar-refractivity contribution >= 4 is 0 Å². The predicted octanol–water partition coefficient (Wildman–Crippen LogP) is 5.05. The van der Waals surface area contributed by atoms with Crippen LogP contribution in [0.4, 0.5) is 4.39 Å². The van der Waals surface area contributed by atoms with E-state index in [0.29, 0.717) is 5.56 Å². The van der Waals surface area contributed by atoms with Crippen molar-refractivity contribution in [1.82, 2.24) is 4.98 Å². The van der Waals surface area contributed by atoms with Crippen molar-refractivity contribution in [2.75, 3.05) is 0 Å². The summed E-state index contributed by atoms with van der Waals surface area (Å²) in [6.07, 6.45) is 0. The molecule has 0 radical (unpaired) electrons. The molecule has 0 fully saturated rings. The maximum atomic E-state index is 14.0. The fourth-order valence-electron chi connectivity index (χ4n) is 2.62. The van der Waals surface area contributed by atoms with E-state index in [0.717, 1.165) is 28.1 Å². The minimum Gasteiger partial charge on any atom is -0.253 e. The molecule has 1 nitrogen and oxygen atoms in total. The molecule has 20 heavy (non-hydrogen) atoms. The fourth-order valence-corrected chi connectivity index (χ4v) is 2.62. The van der Waals surface area contributed by atoms with Crippen LogP contribution in [0.3, 0.4) is 0 Å². The predicted molar refractivity (Wildman–Crippen MR) is 82.8 cm³/mol. The lowest BCUT2D eigenvalue weighted by atomic mass is 9.92. The van der Waals surface area contributed by atoms with Gasteiger partial charge >= 0.3 is 0 Å². The van der Waals surface area contributed by atoms with Gasteiger partial charge in [-0.05, 0) is 87.9 Å². The molecule has 106 valence electrons. The molecule has 2 heteroatoms. The van der Waals surface area contributed by atoms with Gasteiger partial charge in [0.1, 0.15) is 5.82 Å². The van der Waals surface area contributed by atoms with E-state index in [2.05, 4.69) is 20.8 Å². The molecule has 0 aliphatic carbocycles. The summed E-state index contributed by atoms with van der Waals surface area (Å²) in [7, 11) is 0. The van der Waals surface area contributed by atoms with E-state index < -0.39 is 0 Å². The highest BCUT2D eigenvalue weighted by molar-refractivity contribution is 5.71. The quantitative estimate of drug-likeness (QED) is 0.707. The highest BCUT2D eigenvalue weighted by Gasteiger charge is 2.16. The van der Waals surface area contributed by atoms with Gasteiger partial charge < -0.3 is 0 Å². The van der Waals surface area contributed by atoms with Crippen molar-refractivity contribution in [1.29, 1.82) is 0 Å². The van der Waals surface area contributed by atoms with E-state index in [1.807, 2.05) is 33.8 Å². The SMILES string of the molecule is Cc1cc(-c2nc(C)c(C)c(C)c2C)c(C)c(C)c1F. The second-order valence-corrected chi connectivity index (χ2v) is 5.73. The topological polar surface area (TPSA) is 12.9 Å². The van der Waals surface area contributed by atoms with E-state index in [1.54, 1.807) is 0 Å². The van der Waals surface area contributed by atoms with Crippen molar-refractivity contribution in [3.8, 4) is 11.3 Å². The number of hydrogen-bond acceptors (Lipinski definition) is 1. The molecule has 0 aliphatic heterocycles. The summed E-state index contributed by atoms with van der Waals surface area (Å²) in [6.45, 7) is 14.0. The van der Waals surface area contributed by atoms with Gasteiger partial charge in [-0.1, -0.05) is 0 Å². The zero-order chi connectivity index (χ0) is 15.2. The van der Waals surface area contributed by atoms with Crippen LogP contribution < -0.4 is 0 Å². The van der Waals surface area contributed by atoms with Crippen LogP contribution >= 0.6 is 0 Å². The van der Waals surface area contributed by atoms with Crippen LogP contribution in [0.5, 0.6) is 0 Å². The molecule has 0 N–H and O–H groups in total. The smallest absolute Gasteiger partial charge is 0.129 e. The summed E-state index contributed by atoms with van der Waals surface area (Å²) in [5, 5.41) is 0. The number of pyridine rings is 1. The molecule has 0 spiro atoms. The summed E-state index contributed by atoms with van der Waals surface area (Å²) in [5.41, 5.74) is 9.14. The van der Waals surface area contributed by atoms with E-state index in [-0.39, 0.29) is 5.82 Å². The second kappa shape index (κ2) is 5.01. The van der Waals surface area contributed by atoms with Crippen LogP contribution in [-0.4, -0.2) is 4.98 Å². The number of benzene rings is 1. The molecule has 0 atom stereocenters. The molecule has 1 aromatic heterocycles. The van der Waals surface area contributed by atoms with Crippen LogP contribution in [0.25, 0.3) is 11.3 Å². The minimum atomic E-state index is -0.107. The Morgan fingerprint density at radius 2 is 1.35 bits per heavy atom. The molecule has 0 unspecified atom stereocenters. The van der Waals surface area contributed by atoms with Crippen molar-refractivity contribution in [3.63, 3.8) is 0 Å². The molecule has 1 aromatic carbocycles. The molecule has 0 saturated heterocycles. The van der Waals surface area contributed by atoms with Gasteiger partial charge in [-0.3, -0.25) is 4.98 Å². The summed E-state index contributed by atoms with van der Waals surface area (Å²) in [5.74, 6) is -0.107. The summed E-state index contributed by atoms with van der Waals surface area (Å²) >= 11 is 0. The normalized spacial score (nSPS) is 11.0. The Kier molecular flexibility index (Phi) is 3.68. The maximum Gasteiger partial charge on any atom is 0.129 e. The number of hydrogen-bond donors (Lipinski definition) is 0. The standard InChI is InChI=1S/C18H22FN/c1-9-8-16(12(4)13(5)17(9)19)18-14(6)10(2)11(3)15(7)20-18/h8H,1-7H3. The highest BCUT2D eigenvalue weighted by atomic mass is 19.1. The average Bonchev–Trinajstić information content (AvgIpc) is 2.42. The summed E-state index contributed by atoms with van der Waals surface area (Å²) in [6, 6.07) is 1.92. The lowest BCUT2D eigenvalue weighted by Crippen LogP contribution is -2.02. The van der Waals surface area contributed by atoms with Gasteiger partial charge in [0.2, 0.25) is 0 Å². The van der Waals surface area contributed by atoms with E-state index >= 15 is 0 Å². The molecule has 2 rings (SSSR count). The number of halogens is 1. The minimum absolute atomic E-state index is 0.107. The molecule has 2 aromatic rings. The molecule has 0 amide bonds. The Balaban J connectivity index is 2.83. The van der Waals surface area contributed by atoms with Gasteiger partial charge in [-0.15, -0.1) is 0 Å². The van der Waals surface area contributed by atoms with Gasteiger partial charge in [-0.2, -0.15) is 0 Å². The first-order valence-corrected chi connectivity index (χ1v) is 6.96. The van der Waals surface area contributed by atoms with Gasteiger partial charge in [0.25, 0.3) is 0 Å². The molecule has 1 heterocycles. The van der Waals surface area contributed by atoms with Gasteiger partial charge in [0.15, 0.2) is 0 Å². The number of nitrogens with zero attached hydrogens (tertiary/aromatic N) is 1. The van der Waals surface area contributed by atoms with E-state index in [9.17, 15) is 4.39 Å². The Hall–Kier alpha value is -1.70. The number of rotatable bonds is 1. The number of aryl methyl sites for hydroxylation is 2. The van der Waals surface area contributed by atoms with Crippen LogP contribution in [-0.2, 0) is 0 Å². The molecular weight excluding hydrogens is 249 g/mol. The Morgan fingerprint density at radius 1 is 0.750 bits per heavy atom. The fraction of sp³-hybridized carbons (Fsp3) is 0.389. The van der Waals surface area contributed by atoms with Crippen LogP contribution in [0.2, 0.25) is 0 Å². The monoisotopic (exact) mass is 271 g/mol. The van der Waals surface area contributed by atoms with Crippen LogP contribution in [0.15, 0.2) is 6.07 Å². The van der Waals surface area contributed by atoms with Gasteiger partial charge in [0.05, 0.1) is 5.69 Å². The Morgan fingerprint density at radius 3 is 1.95 bits per heavy atom. The first-order chi connectivity index (χ1) is 9.25. The lowest BCUT2D eigenvalue weighted by molar-refractivity contribution is 0.608.